The number of nitrogens with zero attached hydrogens (tertiary/aromatic N) is 1. The highest BCUT2D eigenvalue weighted by molar-refractivity contribution is 5.26. The number of rotatable bonds is 6. The van der Waals surface area contributed by atoms with E-state index in [1.54, 1.807) is 0 Å². The third-order valence-corrected chi connectivity index (χ3v) is 5.32. The molecular weight excluding hydrogens is 256 g/mol. The fraction of sp³-hybridized carbons (Fsp3) is 0.684. The monoisotopic (exact) mass is 288 g/mol. The fourth-order valence-electron chi connectivity index (χ4n) is 3.59. The van der Waals surface area contributed by atoms with Crippen LogP contribution >= 0.6 is 0 Å². The van der Waals surface area contributed by atoms with Gasteiger partial charge in [0.25, 0.3) is 0 Å². The van der Waals surface area contributed by atoms with E-state index in [9.17, 15) is 0 Å². The molecule has 1 aliphatic rings. The Morgan fingerprint density at radius 1 is 1.19 bits per heavy atom. The second-order valence-electron chi connectivity index (χ2n) is 6.89. The molecule has 2 rings (SSSR count). The van der Waals surface area contributed by atoms with E-state index in [1.807, 2.05) is 0 Å². The maximum Gasteiger partial charge on any atom is 0.0473 e. The molecule has 21 heavy (non-hydrogen) atoms. The molecule has 3 atom stereocenters. The number of nitrogens with one attached hydrogen (secondary N) is 1. The summed E-state index contributed by atoms with van der Waals surface area (Å²) in [5.74, 6) is 1.67. The van der Waals surface area contributed by atoms with Crippen molar-refractivity contribution in [3.05, 3.63) is 35.4 Å². The minimum Gasteiger partial charge on any atom is -0.312 e. The lowest BCUT2D eigenvalue weighted by molar-refractivity contribution is 0.198. The van der Waals surface area contributed by atoms with Crippen LogP contribution in [0, 0.1) is 11.8 Å². The molecule has 1 fully saturated rings. The Kier molecular flexibility index (Phi) is 5.83. The first kappa shape index (κ1) is 16.5. The van der Waals surface area contributed by atoms with Crippen LogP contribution in [0.15, 0.2) is 24.3 Å². The zero-order valence-electron chi connectivity index (χ0n) is 14.4. The maximum absolute atomic E-state index is 3.53. The maximum atomic E-state index is 3.53. The number of aryl methyl sites for hydroxylation is 1. The molecule has 1 N–H and O–H groups in total. The van der Waals surface area contributed by atoms with Gasteiger partial charge in [-0.05, 0) is 56.3 Å². The first-order valence-electron chi connectivity index (χ1n) is 8.57. The smallest absolute Gasteiger partial charge is 0.0473 e. The van der Waals surface area contributed by atoms with Gasteiger partial charge in [-0.15, -0.1) is 0 Å². The fourth-order valence-corrected chi connectivity index (χ4v) is 3.59. The first-order chi connectivity index (χ1) is 10.1. The number of hydrogen-bond acceptors (Lipinski definition) is 2. The van der Waals surface area contributed by atoms with E-state index < -0.39 is 0 Å². The summed E-state index contributed by atoms with van der Waals surface area (Å²) < 4.78 is 0. The Hall–Kier alpha value is -0.860. The Morgan fingerprint density at radius 2 is 1.86 bits per heavy atom. The molecule has 2 heteroatoms. The number of benzene rings is 1. The standard InChI is InChI=1S/C19H32N2/c1-6-16-7-9-17(10-8-16)19(20-5)15(4)21-12-11-18(13-21)14(2)3/h7-10,14-15,18-20H,6,11-13H2,1-5H3. The van der Waals surface area contributed by atoms with Gasteiger partial charge in [0.2, 0.25) is 0 Å². The largest absolute Gasteiger partial charge is 0.312 e. The van der Waals surface area contributed by atoms with Gasteiger partial charge >= 0.3 is 0 Å². The van der Waals surface area contributed by atoms with Crippen molar-refractivity contribution in [2.45, 2.75) is 52.6 Å². The van der Waals surface area contributed by atoms with Crippen molar-refractivity contribution in [1.29, 1.82) is 0 Å². The minimum atomic E-state index is 0.418. The van der Waals surface area contributed by atoms with Crippen LogP contribution in [0.2, 0.25) is 0 Å². The van der Waals surface area contributed by atoms with E-state index in [0.29, 0.717) is 12.1 Å². The molecule has 3 unspecified atom stereocenters. The van der Waals surface area contributed by atoms with Gasteiger partial charge in [0, 0.05) is 18.6 Å². The Labute approximate surface area is 130 Å². The molecule has 1 aromatic rings. The average Bonchev–Trinajstić information content (AvgIpc) is 2.98. The van der Waals surface area contributed by atoms with Gasteiger partial charge in [-0.1, -0.05) is 45.0 Å². The zero-order valence-corrected chi connectivity index (χ0v) is 14.4. The number of likely N-dealkylation sites (N-methyl/N-ethyl adjacent to an activating group) is 1. The van der Waals surface area contributed by atoms with E-state index in [4.69, 9.17) is 0 Å². The molecule has 0 bridgehead atoms. The molecular formula is C19H32N2. The molecule has 1 aliphatic heterocycles. The van der Waals surface area contributed by atoms with E-state index in [-0.39, 0.29) is 0 Å². The lowest BCUT2D eigenvalue weighted by Gasteiger charge is -2.32. The van der Waals surface area contributed by atoms with Gasteiger partial charge < -0.3 is 5.32 Å². The summed E-state index contributed by atoms with van der Waals surface area (Å²) in [7, 11) is 2.09. The summed E-state index contributed by atoms with van der Waals surface area (Å²) in [5, 5.41) is 3.53. The molecule has 0 saturated carbocycles. The van der Waals surface area contributed by atoms with Crippen molar-refractivity contribution in [2.24, 2.45) is 11.8 Å². The van der Waals surface area contributed by atoms with Crippen LogP contribution in [-0.4, -0.2) is 31.1 Å². The van der Waals surface area contributed by atoms with Crippen molar-refractivity contribution in [3.8, 4) is 0 Å². The van der Waals surface area contributed by atoms with Crippen molar-refractivity contribution in [2.75, 3.05) is 20.1 Å². The Balaban J connectivity index is 2.06. The first-order valence-corrected chi connectivity index (χ1v) is 8.57. The van der Waals surface area contributed by atoms with Crippen molar-refractivity contribution >= 4 is 0 Å². The van der Waals surface area contributed by atoms with E-state index in [2.05, 4.69) is 69.2 Å². The highest BCUT2D eigenvalue weighted by atomic mass is 15.2. The average molecular weight is 288 g/mol. The third-order valence-electron chi connectivity index (χ3n) is 5.32. The highest BCUT2D eigenvalue weighted by Gasteiger charge is 2.31. The van der Waals surface area contributed by atoms with Crippen LogP contribution in [-0.2, 0) is 6.42 Å². The second kappa shape index (κ2) is 7.42. The molecule has 1 heterocycles. The van der Waals surface area contributed by atoms with Crippen LogP contribution in [0.25, 0.3) is 0 Å². The molecule has 1 saturated heterocycles. The molecule has 0 aromatic heterocycles. The summed E-state index contributed by atoms with van der Waals surface area (Å²) in [6.45, 7) is 11.8. The zero-order chi connectivity index (χ0) is 15.4. The predicted octanol–water partition coefficient (Wildman–Crippen LogP) is 3.88. The van der Waals surface area contributed by atoms with Crippen LogP contribution in [0.1, 0.15) is 51.3 Å². The van der Waals surface area contributed by atoms with Crippen molar-refractivity contribution in [3.63, 3.8) is 0 Å². The van der Waals surface area contributed by atoms with Crippen molar-refractivity contribution in [1.82, 2.24) is 10.2 Å². The molecule has 1 aromatic carbocycles. The van der Waals surface area contributed by atoms with Gasteiger partial charge in [-0.2, -0.15) is 0 Å². The quantitative estimate of drug-likeness (QED) is 0.854. The summed E-state index contributed by atoms with van der Waals surface area (Å²) in [4.78, 5) is 2.67. The Morgan fingerprint density at radius 3 is 2.33 bits per heavy atom. The lowest BCUT2D eigenvalue weighted by atomic mass is 9.95. The SMILES string of the molecule is CCc1ccc(C(NC)C(C)N2CCC(C(C)C)C2)cc1. The summed E-state index contributed by atoms with van der Waals surface area (Å²) in [6.07, 6.45) is 2.47. The molecule has 0 aliphatic carbocycles. The van der Waals surface area contributed by atoms with Crippen LogP contribution in [0.5, 0.6) is 0 Å². The summed E-state index contributed by atoms with van der Waals surface area (Å²) >= 11 is 0. The van der Waals surface area contributed by atoms with Crippen LogP contribution in [0.4, 0.5) is 0 Å². The van der Waals surface area contributed by atoms with Crippen molar-refractivity contribution < 1.29 is 0 Å². The highest BCUT2D eigenvalue weighted by Crippen LogP contribution is 2.29. The summed E-state index contributed by atoms with van der Waals surface area (Å²) in [6, 6.07) is 10.1. The predicted molar refractivity (Wildman–Crippen MR) is 91.6 cm³/mol. The van der Waals surface area contributed by atoms with E-state index in [1.165, 1.54) is 30.6 Å². The van der Waals surface area contributed by atoms with Gasteiger partial charge in [0.15, 0.2) is 0 Å². The minimum absolute atomic E-state index is 0.418. The lowest BCUT2D eigenvalue weighted by Crippen LogP contribution is -2.41. The van der Waals surface area contributed by atoms with Crippen LogP contribution in [0.3, 0.4) is 0 Å². The second-order valence-corrected chi connectivity index (χ2v) is 6.89. The molecule has 118 valence electrons. The van der Waals surface area contributed by atoms with Crippen LogP contribution < -0.4 is 5.32 Å². The van der Waals surface area contributed by atoms with Gasteiger partial charge in [-0.25, -0.2) is 0 Å². The number of likely N-dealkylation sites (tertiary alicyclic amines) is 1. The van der Waals surface area contributed by atoms with Gasteiger partial charge in [-0.3, -0.25) is 4.90 Å². The molecule has 0 radical (unpaired) electrons. The molecule has 2 nitrogen and oxygen atoms in total. The van der Waals surface area contributed by atoms with E-state index >= 15 is 0 Å². The van der Waals surface area contributed by atoms with E-state index in [0.717, 1.165) is 18.3 Å². The normalized spacial score (nSPS) is 22.7. The van der Waals surface area contributed by atoms with Gasteiger partial charge in [0.1, 0.15) is 0 Å². The molecule has 0 spiro atoms. The topological polar surface area (TPSA) is 15.3 Å². The Bertz CT molecular complexity index is 424. The van der Waals surface area contributed by atoms with Gasteiger partial charge in [0.05, 0.1) is 0 Å². The summed E-state index contributed by atoms with van der Waals surface area (Å²) in [5.41, 5.74) is 2.83. The molecule has 0 amide bonds. The number of hydrogen-bond donors (Lipinski definition) is 1. The third kappa shape index (κ3) is 3.87.